The number of nitrogens with zero attached hydrogens (tertiary/aromatic N) is 2. The predicted molar refractivity (Wildman–Crippen MR) is 90.3 cm³/mol. The quantitative estimate of drug-likeness (QED) is 0.584. The van der Waals surface area contributed by atoms with Crippen molar-refractivity contribution >= 4 is 28.3 Å². The van der Waals surface area contributed by atoms with Crippen LogP contribution >= 0.6 is 12.4 Å². The van der Waals surface area contributed by atoms with Crippen molar-refractivity contribution in [2.45, 2.75) is 26.3 Å². The predicted octanol–water partition coefficient (Wildman–Crippen LogP) is -0.121. The summed E-state index contributed by atoms with van der Waals surface area (Å²) in [6.07, 6.45) is 1.40. The Bertz CT molecular complexity index is 632. The van der Waals surface area contributed by atoms with Crippen LogP contribution in [0.5, 0.6) is 0 Å². The number of hydrogen-bond donors (Lipinski definition) is 3. The van der Waals surface area contributed by atoms with Gasteiger partial charge in [0.1, 0.15) is 0 Å². The smallest absolute Gasteiger partial charge is 0.272 e. The van der Waals surface area contributed by atoms with E-state index in [1.54, 1.807) is 14.0 Å². The van der Waals surface area contributed by atoms with Gasteiger partial charge in [0.05, 0.1) is 5.75 Å². The Morgan fingerprint density at radius 3 is 2.87 bits per heavy atom. The van der Waals surface area contributed by atoms with Crippen molar-refractivity contribution in [3.8, 4) is 0 Å². The van der Waals surface area contributed by atoms with E-state index < -0.39 is 10.0 Å². The van der Waals surface area contributed by atoms with E-state index in [1.165, 1.54) is 4.31 Å². The normalized spacial score (nSPS) is 14.2. The molecule has 3 N–H and O–H groups in total. The average Bonchev–Trinajstić information content (AvgIpc) is 2.95. The molecule has 2 heterocycles. The fourth-order valence-electron chi connectivity index (χ4n) is 2.36. The lowest BCUT2D eigenvalue weighted by Gasteiger charge is -2.16. The molecule has 0 bridgehead atoms. The van der Waals surface area contributed by atoms with Gasteiger partial charge in [0, 0.05) is 50.9 Å². The standard InChI is InChI=1S/C13H23N5O3S.ClH/c1-3-22(20,21)18(2)8-4-6-15-13(19)12-10-9-14-7-5-11(10)16-17-12;/h14H,3-9H2,1-2H3,(H,15,19)(H,16,17);1H. The lowest BCUT2D eigenvalue weighted by Crippen LogP contribution is -2.33. The molecule has 8 nitrogen and oxygen atoms in total. The second-order valence-corrected chi connectivity index (χ2v) is 7.65. The Kier molecular flexibility index (Phi) is 7.46. The van der Waals surface area contributed by atoms with Crippen molar-refractivity contribution in [1.82, 2.24) is 25.1 Å². The molecule has 1 aromatic heterocycles. The summed E-state index contributed by atoms with van der Waals surface area (Å²) in [5, 5.41) is 13.0. The molecule has 0 saturated heterocycles. The zero-order chi connectivity index (χ0) is 16.2. The van der Waals surface area contributed by atoms with Crippen molar-refractivity contribution in [2.24, 2.45) is 0 Å². The first-order valence-electron chi connectivity index (χ1n) is 7.44. The van der Waals surface area contributed by atoms with Crippen molar-refractivity contribution in [3.05, 3.63) is 17.0 Å². The van der Waals surface area contributed by atoms with Gasteiger partial charge >= 0.3 is 0 Å². The van der Waals surface area contributed by atoms with Gasteiger partial charge in [-0.3, -0.25) is 9.89 Å². The lowest BCUT2D eigenvalue weighted by atomic mass is 10.1. The van der Waals surface area contributed by atoms with Crippen molar-refractivity contribution in [1.29, 1.82) is 0 Å². The molecule has 0 aliphatic carbocycles. The van der Waals surface area contributed by atoms with Gasteiger partial charge in [0.25, 0.3) is 5.91 Å². The van der Waals surface area contributed by atoms with E-state index in [9.17, 15) is 13.2 Å². The molecule has 0 atom stereocenters. The van der Waals surface area contributed by atoms with Crippen LogP contribution in [-0.2, 0) is 23.0 Å². The van der Waals surface area contributed by atoms with Gasteiger partial charge in [-0.1, -0.05) is 0 Å². The molecule has 1 aliphatic rings. The summed E-state index contributed by atoms with van der Waals surface area (Å²) in [5.41, 5.74) is 2.36. The Labute approximate surface area is 142 Å². The number of halogens is 1. The molecule has 10 heteroatoms. The zero-order valence-electron chi connectivity index (χ0n) is 13.4. The number of nitrogens with one attached hydrogen (secondary N) is 3. The zero-order valence-corrected chi connectivity index (χ0v) is 15.0. The summed E-state index contributed by atoms with van der Waals surface area (Å²) in [6, 6.07) is 0. The fraction of sp³-hybridized carbons (Fsp3) is 0.692. The number of hydrogen-bond acceptors (Lipinski definition) is 5. The van der Waals surface area contributed by atoms with E-state index >= 15 is 0 Å². The highest BCUT2D eigenvalue weighted by Crippen LogP contribution is 2.14. The molecule has 0 saturated carbocycles. The minimum absolute atomic E-state index is 0. The number of H-pyrrole nitrogens is 1. The van der Waals surface area contributed by atoms with Crippen LogP contribution in [0.1, 0.15) is 35.1 Å². The first-order valence-corrected chi connectivity index (χ1v) is 9.05. The Morgan fingerprint density at radius 1 is 1.43 bits per heavy atom. The molecular formula is C13H24ClN5O3S. The van der Waals surface area contributed by atoms with Gasteiger partial charge in [-0.2, -0.15) is 5.10 Å². The summed E-state index contributed by atoms with van der Waals surface area (Å²) < 4.78 is 24.5. The molecule has 2 rings (SSSR count). The van der Waals surface area contributed by atoms with Crippen LogP contribution in [0.4, 0.5) is 0 Å². The van der Waals surface area contributed by atoms with Crippen LogP contribution < -0.4 is 10.6 Å². The van der Waals surface area contributed by atoms with Crippen molar-refractivity contribution in [2.75, 3.05) is 32.4 Å². The number of rotatable bonds is 7. The molecule has 0 unspecified atom stereocenters. The monoisotopic (exact) mass is 365 g/mol. The Balaban J connectivity index is 0.00000264. The van der Waals surface area contributed by atoms with Crippen LogP contribution in [0, 0.1) is 0 Å². The van der Waals surface area contributed by atoms with Crippen LogP contribution in [0.2, 0.25) is 0 Å². The molecule has 132 valence electrons. The first kappa shape index (κ1) is 19.9. The second-order valence-electron chi connectivity index (χ2n) is 5.29. The Morgan fingerprint density at radius 2 is 2.17 bits per heavy atom. The molecule has 0 radical (unpaired) electrons. The fourth-order valence-corrected chi connectivity index (χ4v) is 3.21. The maximum atomic E-state index is 12.1. The van der Waals surface area contributed by atoms with E-state index in [0.29, 0.717) is 31.7 Å². The van der Waals surface area contributed by atoms with E-state index in [4.69, 9.17) is 0 Å². The third-order valence-electron chi connectivity index (χ3n) is 3.80. The molecule has 23 heavy (non-hydrogen) atoms. The second kappa shape index (κ2) is 8.62. The summed E-state index contributed by atoms with van der Waals surface area (Å²) >= 11 is 0. The van der Waals surface area contributed by atoms with Crippen LogP contribution in [0.15, 0.2) is 0 Å². The van der Waals surface area contributed by atoms with E-state index in [2.05, 4.69) is 20.8 Å². The summed E-state index contributed by atoms with van der Waals surface area (Å²) in [4.78, 5) is 12.1. The summed E-state index contributed by atoms with van der Waals surface area (Å²) in [7, 11) is -1.61. The largest absolute Gasteiger partial charge is 0.351 e. The van der Waals surface area contributed by atoms with Gasteiger partial charge in [-0.15, -0.1) is 12.4 Å². The SMILES string of the molecule is CCS(=O)(=O)N(C)CCCNC(=O)c1n[nH]c2c1CNCC2.Cl. The maximum Gasteiger partial charge on any atom is 0.272 e. The molecular weight excluding hydrogens is 342 g/mol. The summed E-state index contributed by atoms with van der Waals surface area (Å²) in [5.74, 6) is -0.135. The molecule has 1 aromatic rings. The average molecular weight is 366 g/mol. The highest BCUT2D eigenvalue weighted by Gasteiger charge is 2.21. The number of carbonyl (C=O) groups excluding carboxylic acids is 1. The van der Waals surface area contributed by atoms with Crippen LogP contribution in [0.25, 0.3) is 0 Å². The van der Waals surface area contributed by atoms with Crippen molar-refractivity contribution in [3.63, 3.8) is 0 Å². The topological polar surface area (TPSA) is 107 Å². The first-order chi connectivity index (χ1) is 10.5. The minimum Gasteiger partial charge on any atom is -0.351 e. The molecule has 0 aromatic carbocycles. The number of sulfonamides is 1. The highest BCUT2D eigenvalue weighted by atomic mass is 35.5. The van der Waals surface area contributed by atoms with Gasteiger partial charge in [0.15, 0.2) is 5.69 Å². The number of carbonyl (C=O) groups is 1. The van der Waals surface area contributed by atoms with Crippen LogP contribution in [0.3, 0.4) is 0 Å². The van der Waals surface area contributed by atoms with Gasteiger partial charge < -0.3 is 10.6 Å². The summed E-state index contributed by atoms with van der Waals surface area (Å²) in [6.45, 7) is 3.94. The third-order valence-corrected chi connectivity index (χ3v) is 5.66. The molecule has 1 amide bonds. The molecule has 1 aliphatic heterocycles. The number of amides is 1. The lowest BCUT2D eigenvalue weighted by molar-refractivity contribution is 0.0946. The van der Waals surface area contributed by atoms with Crippen molar-refractivity contribution < 1.29 is 13.2 Å². The minimum atomic E-state index is -3.16. The van der Waals surface area contributed by atoms with Gasteiger partial charge in [-0.05, 0) is 13.3 Å². The number of aromatic nitrogens is 2. The molecule has 0 spiro atoms. The van der Waals surface area contributed by atoms with Gasteiger partial charge in [-0.25, -0.2) is 12.7 Å². The van der Waals surface area contributed by atoms with E-state index in [0.717, 1.165) is 24.2 Å². The maximum absolute atomic E-state index is 12.1. The third kappa shape index (κ3) is 4.90. The van der Waals surface area contributed by atoms with E-state index in [-0.39, 0.29) is 24.1 Å². The highest BCUT2D eigenvalue weighted by molar-refractivity contribution is 7.89. The Hall–Kier alpha value is -1.16. The van der Waals surface area contributed by atoms with Crippen LogP contribution in [-0.4, -0.2) is 61.3 Å². The van der Waals surface area contributed by atoms with Gasteiger partial charge in [0.2, 0.25) is 10.0 Å². The van der Waals surface area contributed by atoms with E-state index in [1.807, 2.05) is 0 Å². The number of aromatic amines is 1. The number of fused-ring (bicyclic) bond motifs is 1. The molecule has 0 fully saturated rings.